The van der Waals surface area contributed by atoms with E-state index >= 15 is 0 Å². The van der Waals surface area contributed by atoms with E-state index in [1.165, 1.54) is 0 Å². The molecule has 0 radical (unpaired) electrons. The largest absolute Gasteiger partial charge is 0.396 e. The summed E-state index contributed by atoms with van der Waals surface area (Å²) in [7, 11) is 0. The van der Waals surface area contributed by atoms with Crippen molar-refractivity contribution in [3.8, 4) is 0 Å². The SMILES string of the molecule is CC(CSCCCCO)[C@@H]1[C@@H](/C=C/[C@@H](O)Cc2cccc(CCF)c2)[C@H](O)C[C@H]1F. The van der Waals surface area contributed by atoms with Crippen LogP contribution in [-0.4, -0.2) is 58.5 Å². The first-order valence-corrected chi connectivity index (χ1v) is 12.1. The van der Waals surface area contributed by atoms with Gasteiger partial charge in [0.15, 0.2) is 0 Å². The molecule has 0 spiro atoms. The Labute approximate surface area is 183 Å². The van der Waals surface area contributed by atoms with Crippen molar-refractivity contribution >= 4 is 11.8 Å². The summed E-state index contributed by atoms with van der Waals surface area (Å²) < 4.78 is 27.2. The Balaban J connectivity index is 1.92. The lowest BCUT2D eigenvalue weighted by Crippen LogP contribution is -2.27. The van der Waals surface area contributed by atoms with E-state index in [2.05, 4.69) is 0 Å². The van der Waals surface area contributed by atoms with Crippen LogP contribution in [0.2, 0.25) is 0 Å². The van der Waals surface area contributed by atoms with Gasteiger partial charge in [-0.05, 0) is 41.4 Å². The fraction of sp³-hybridized carbons (Fsp3) is 0.667. The Morgan fingerprint density at radius 3 is 2.77 bits per heavy atom. The van der Waals surface area contributed by atoms with Crippen LogP contribution < -0.4 is 0 Å². The van der Waals surface area contributed by atoms with E-state index in [0.29, 0.717) is 12.8 Å². The van der Waals surface area contributed by atoms with Crippen LogP contribution in [0, 0.1) is 17.8 Å². The zero-order valence-electron chi connectivity index (χ0n) is 17.8. The lowest BCUT2D eigenvalue weighted by atomic mass is 9.84. The maximum atomic E-state index is 14.6. The number of rotatable bonds is 13. The molecule has 0 aliphatic heterocycles. The van der Waals surface area contributed by atoms with Crippen LogP contribution >= 0.6 is 11.8 Å². The number of hydrogen-bond donors (Lipinski definition) is 3. The van der Waals surface area contributed by atoms with E-state index in [1.807, 2.05) is 31.2 Å². The summed E-state index contributed by atoms with van der Waals surface area (Å²) in [6.07, 6.45) is 3.58. The molecule has 6 atom stereocenters. The van der Waals surface area contributed by atoms with E-state index in [1.54, 1.807) is 23.9 Å². The van der Waals surface area contributed by atoms with Gasteiger partial charge >= 0.3 is 0 Å². The number of benzene rings is 1. The molecule has 1 unspecified atom stereocenters. The van der Waals surface area contributed by atoms with Crippen LogP contribution in [0.1, 0.15) is 37.3 Å². The predicted molar refractivity (Wildman–Crippen MR) is 120 cm³/mol. The molecule has 30 heavy (non-hydrogen) atoms. The zero-order valence-corrected chi connectivity index (χ0v) is 18.6. The van der Waals surface area contributed by atoms with Crippen LogP contribution in [0.4, 0.5) is 8.78 Å². The van der Waals surface area contributed by atoms with Crippen molar-refractivity contribution in [3.05, 3.63) is 47.5 Å². The van der Waals surface area contributed by atoms with Gasteiger partial charge in [-0.2, -0.15) is 11.8 Å². The van der Waals surface area contributed by atoms with E-state index in [9.17, 15) is 19.0 Å². The fourth-order valence-electron chi connectivity index (χ4n) is 4.32. The molecule has 1 aromatic carbocycles. The van der Waals surface area contributed by atoms with E-state index in [0.717, 1.165) is 35.5 Å². The summed E-state index contributed by atoms with van der Waals surface area (Å²) in [6.45, 7) is 1.82. The van der Waals surface area contributed by atoms with Crippen LogP contribution in [0.15, 0.2) is 36.4 Å². The molecule has 0 heterocycles. The summed E-state index contributed by atoms with van der Waals surface area (Å²) in [5.41, 5.74) is 1.83. The topological polar surface area (TPSA) is 60.7 Å². The monoisotopic (exact) mass is 442 g/mol. The van der Waals surface area contributed by atoms with Crippen LogP contribution in [-0.2, 0) is 12.8 Å². The molecule has 0 bridgehead atoms. The van der Waals surface area contributed by atoms with Gasteiger partial charge in [-0.3, -0.25) is 4.39 Å². The maximum Gasteiger partial charge on any atom is 0.106 e. The predicted octanol–water partition coefficient (Wildman–Crippen LogP) is 4.14. The van der Waals surface area contributed by atoms with Gasteiger partial charge in [-0.1, -0.05) is 43.3 Å². The summed E-state index contributed by atoms with van der Waals surface area (Å²) in [6, 6.07) is 7.54. The lowest BCUT2D eigenvalue weighted by Gasteiger charge is -2.26. The number of aryl methyl sites for hydroxylation is 1. The Morgan fingerprint density at radius 2 is 2.03 bits per heavy atom. The van der Waals surface area contributed by atoms with Crippen LogP contribution in [0.3, 0.4) is 0 Å². The molecule has 3 nitrogen and oxygen atoms in total. The molecule has 0 aromatic heterocycles. The van der Waals surface area contributed by atoms with Crippen molar-refractivity contribution < 1.29 is 24.1 Å². The number of aliphatic hydroxyl groups is 3. The van der Waals surface area contributed by atoms with Crippen molar-refractivity contribution in [1.82, 2.24) is 0 Å². The van der Waals surface area contributed by atoms with Gasteiger partial charge < -0.3 is 15.3 Å². The minimum Gasteiger partial charge on any atom is -0.396 e. The fourth-order valence-corrected chi connectivity index (χ4v) is 5.49. The second kappa shape index (κ2) is 13.5. The van der Waals surface area contributed by atoms with Crippen molar-refractivity contribution in [3.63, 3.8) is 0 Å². The maximum absolute atomic E-state index is 14.6. The van der Waals surface area contributed by atoms with Crippen LogP contribution in [0.5, 0.6) is 0 Å². The average Bonchev–Trinajstić information content (AvgIpc) is 2.99. The number of aliphatic hydroxyl groups excluding tert-OH is 3. The summed E-state index contributed by atoms with van der Waals surface area (Å²) in [5, 5.41) is 29.6. The molecule has 1 fully saturated rings. The zero-order chi connectivity index (χ0) is 21.9. The number of thioether (sulfide) groups is 1. The highest BCUT2D eigenvalue weighted by Gasteiger charge is 2.44. The molecule has 2 rings (SSSR count). The molecule has 6 heteroatoms. The Bertz CT molecular complexity index is 643. The third-order valence-electron chi connectivity index (χ3n) is 5.88. The van der Waals surface area contributed by atoms with Gasteiger partial charge in [-0.15, -0.1) is 0 Å². The normalized spacial score (nSPS) is 26.3. The van der Waals surface area contributed by atoms with Crippen molar-refractivity contribution in [2.45, 2.75) is 57.4 Å². The molecular weight excluding hydrogens is 406 g/mol. The van der Waals surface area contributed by atoms with Gasteiger partial charge in [-0.25, -0.2) is 4.39 Å². The molecule has 170 valence electrons. The number of unbranched alkanes of at least 4 members (excludes halogenated alkanes) is 1. The van der Waals surface area contributed by atoms with E-state index in [4.69, 9.17) is 5.11 Å². The number of halogens is 2. The minimum absolute atomic E-state index is 0.112. The van der Waals surface area contributed by atoms with E-state index in [-0.39, 0.29) is 30.8 Å². The lowest BCUT2D eigenvalue weighted by molar-refractivity contribution is 0.132. The first-order valence-electron chi connectivity index (χ1n) is 11.0. The molecule has 0 amide bonds. The molecule has 1 aromatic rings. The smallest absolute Gasteiger partial charge is 0.106 e. The second-order valence-electron chi connectivity index (χ2n) is 8.37. The van der Waals surface area contributed by atoms with Gasteiger partial charge in [0, 0.05) is 37.7 Å². The third-order valence-corrected chi connectivity index (χ3v) is 7.22. The first kappa shape index (κ1) is 25.3. The highest BCUT2D eigenvalue weighted by molar-refractivity contribution is 7.99. The first-order chi connectivity index (χ1) is 14.5. The molecule has 1 saturated carbocycles. The summed E-state index contributed by atoms with van der Waals surface area (Å²) >= 11 is 1.77. The third kappa shape index (κ3) is 7.95. The van der Waals surface area contributed by atoms with Crippen LogP contribution in [0.25, 0.3) is 0 Å². The van der Waals surface area contributed by atoms with E-state index < -0.39 is 25.1 Å². The Kier molecular flexibility index (Phi) is 11.4. The number of hydrogen-bond acceptors (Lipinski definition) is 4. The van der Waals surface area contributed by atoms with Gasteiger partial charge in [0.25, 0.3) is 0 Å². The second-order valence-corrected chi connectivity index (χ2v) is 9.52. The summed E-state index contributed by atoms with van der Waals surface area (Å²) in [4.78, 5) is 0. The van der Waals surface area contributed by atoms with Crippen molar-refractivity contribution in [2.75, 3.05) is 24.8 Å². The molecule has 0 saturated heterocycles. The highest BCUT2D eigenvalue weighted by atomic mass is 32.2. The minimum atomic E-state index is -1.04. The molecular formula is C24H36F2O3S. The standard InChI is InChI=1S/C24H36F2O3S/c1-17(16-30-12-3-2-11-27)24-21(23(29)15-22(24)26)8-7-20(28)14-19-6-4-5-18(13-19)9-10-25/h4-8,13,17,20-24,27-29H,2-3,9-12,14-16H2,1H3/b8-7+/t17?,20-,21+,22-,23-,24-/m1/s1. The van der Waals surface area contributed by atoms with Crippen molar-refractivity contribution in [2.24, 2.45) is 17.8 Å². The van der Waals surface area contributed by atoms with Gasteiger partial charge in [0.05, 0.1) is 18.9 Å². The molecule has 1 aliphatic carbocycles. The Morgan fingerprint density at radius 1 is 1.27 bits per heavy atom. The summed E-state index contributed by atoms with van der Waals surface area (Å²) in [5.74, 6) is 1.30. The number of alkyl halides is 2. The Hall–Kier alpha value is -0.950. The van der Waals surface area contributed by atoms with Crippen molar-refractivity contribution in [1.29, 1.82) is 0 Å². The molecule has 1 aliphatic rings. The molecule has 3 N–H and O–H groups in total. The average molecular weight is 443 g/mol. The van der Waals surface area contributed by atoms with Gasteiger partial charge in [0.2, 0.25) is 0 Å². The quantitative estimate of drug-likeness (QED) is 0.317. The highest BCUT2D eigenvalue weighted by Crippen LogP contribution is 2.41. The van der Waals surface area contributed by atoms with Gasteiger partial charge in [0.1, 0.15) is 6.17 Å².